The van der Waals surface area contributed by atoms with Crippen molar-refractivity contribution < 1.29 is 9.47 Å². The van der Waals surface area contributed by atoms with E-state index in [1.54, 1.807) is 14.2 Å². The van der Waals surface area contributed by atoms with Gasteiger partial charge >= 0.3 is 0 Å². The lowest BCUT2D eigenvalue weighted by Gasteiger charge is -2.12. The number of hydrogen-bond donors (Lipinski definition) is 2. The number of nitrogens with zero attached hydrogens (tertiary/aromatic N) is 1. The van der Waals surface area contributed by atoms with Gasteiger partial charge in [0, 0.05) is 27.2 Å². The van der Waals surface area contributed by atoms with E-state index in [0.29, 0.717) is 19.8 Å². The summed E-state index contributed by atoms with van der Waals surface area (Å²) in [5.74, 6) is 1.69. The second-order valence-electron chi connectivity index (χ2n) is 4.69. The molecule has 0 fully saturated rings. The molecule has 1 aromatic carbocycles. The van der Waals surface area contributed by atoms with Crippen molar-refractivity contribution >= 4 is 29.9 Å². The Balaban J connectivity index is 0.00000441. The zero-order chi connectivity index (χ0) is 15.3. The SMILES string of the molecule is CCCCNC(=NC)NCc1cccc(OCCOC)c1.I. The number of rotatable bonds is 9. The normalized spacial score (nSPS) is 10.8. The van der Waals surface area contributed by atoms with E-state index in [2.05, 4.69) is 28.6 Å². The Labute approximate surface area is 150 Å². The maximum Gasteiger partial charge on any atom is 0.191 e. The molecule has 5 nitrogen and oxygen atoms in total. The van der Waals surface area contributed by atoms with Crippen LogP contribution in [0.2, 0.25) is 0 Å². The van der Waals surface area contributed by atoms with Crippen LogP contribution in [0, 0.1) is 0 Å². The highest BCUT2D eigenvalue weighted by Gasteiger charge is 2.00. The summed E-state index contributed by atoms with van der Waals surface area (Å²) in [6.07, 6.45) is 2.31. The first-order valence-corrected chi connectivity index (χ1v) is 7.45. The lowest BCUT2D eigenvalue weighted by molar-refractivity contribution is 0.146. The molecule has 0 atom stereocenters. The molecule has 0 bridgehead atoms. The number of guanidine groups is 1. The molecule has 0 aliphatic rings. The van der Waals surface area contributed by atoms with Gasteiger partial charge in [-0.1, -0.05) is 25.5 Å². The number of benzene rings is 1. The highest BCUT2D eigenvalue weighted by atomic mass is 127. The van der Waals surface area contributed by atoms with E-state index in [-0.39, 0.29) is 24.0 Å². The fourth-order valence-electron chi connectivity index (χ4n) is 1.78. The number of aliphatic imine (C=N–C) groups is 1. The number of nitrogens with one attached hydrogen (secondary N) is 2. The fraction of sp³-hybridized carbons (Fsp3) is 0.562. The van der Waals surface area contributed by atoms with Crippen molar-refractivity contribution in [1.29, 1.82) is 0 Å². The Bertz CT molecular complexity index is 428. The van der Waals surface area contributed by atoms with Gasteiger partial charge in [-0.05, 0) is 24.1 Å². The van der Waals surface area contributed by atoms with Crippen LogP contribution < -0.4 is 15.4 Å². The van der Waals surface area contributed by atoms with Gasteiger partial charge in [-0.3, -0.25) is 4.99 Å². The average molecular weight is 421 g/mol. The minimum Gasteiger partial charge on any atom is -0.491 e. The van der Waals surface area contributed by atoms with Crippen LogP contribution >= 0.6 is 24.0 Å². The largest absolute Gasteiger partial charge is 0.491 e. The Kier molecular flexibility index (Phi) is 13.0. The summed E-state index contributed by atoms with van der Waals surface area (Å²) >= 11 is 0. The first-order chi connectivity index (χ1) is 10.3. The number of methoxy groups -OCH3 is 1. The molecule has 6 heteroatoms. The molecule has 22 heavy (non-hydrogen) atoms. The van der Waals surface area contributed by atoms with E-state index in [1.807, 2.05) is 18.2 Å². The molecule has 0 aliphatic heterocycles. The highest BCUT2D eigenvalue weighted by Crippen LogP contribution is 2.13. The summed E-state index contributed by atoms with van der Waals surface area (Å²) in [5.41, 5.74) is 1.16. The maximum atomic E-state index is 5.60. The molecule has 0 unspecified atom stereocenters. The van der Waals surface area contributed by atoms with Crippen LogP contribution in [0.4, 0.5) is 0 Å². The molecule has 0 saturated heterocycles. The molecule has 0 aliphatic carbocycles. The van der Waals surface area contributed by atoms with Gasteiger partial charge in [-0.15, -0.1) is 24.0 Å². The first kappa shape index (κ1) is 21.0. The van der Waals surface area contributed by atoms with E-state index >= 15 is 0 Å². The van der Waals surface area contributed by atoms with Crippen LogP contribution in [-0.2, 0) is 11.3 Å². The maximum absolute atomic E-state index is 5.60. The van der Waals surface area contributed by atoms with Crippen molar-refractivity contribution in [2.45, 2.75) is 26.3 Å². The van der Waals surface area contributed by atoms with E-state index in [1.165, 1.54) is 6.42 Å². The predicted octanol–water partition coefficient (Wildman–Crippen LogP) is 2.79. The van der Waals surface area contributed by atoms with Crippen LogP contribution in [0.25, 0.3) is 0 Å². The summed E-state index contributed by atoms with van der Waals surface area (Å²) in [7, 11) is 3.45. The third-order valence-electron chi connectivity index (χ3n) is 2.96. The molecular weight excluding hydrogens is 393 g/mol. The van der Waals surface area contributed by atoms with Gasteiger partial charge in [0.15, 0.2) is 5.96 Å². The zero-order valence-electron chi connectivity index (χ0n) is 13.7. The van der Waals surface area contributed by atoms with E-state index in [4.69, 9.17) is 9.47 Å². The van der Waals surface area contributed by atoms with Gasteiger partial charge in [0.05, 0.1) is 6.61 Å². The topological polar surface area (TPSA) is 54.9 Å². The van der Waals surface area contributed by atoms with Crippen molar-refractivity contribution in [3.05, 3.63) is 29.8 Å². The molecule has 1 aromatic rings. The van der Waals surface area contributed by atoms with Gasteiger partial charge in [-0.25, -0.2) is 0 Å². The Hall–Kier alpha value is -1.02. The van der Waals surface area contributed by atoms with Crippen molar-refractivity contribution in [1.82, 2.24) is 10.6 Å². The Morgan fingerprint density at radius 2 is 2.05 bits per heavy atom. The van der Waals surface area contributed by atoms with E-state index in [9.17, 15) is 0 Å². The Morgan fingerprint density at radius 3 is 2.73 bits per heavy atom. The minimum atomic E-state index is 0. The van der Waals surface area contributed by atoms with Crippen LogP contribution in [0.15, 0.2) is 29.3 Å². The second kappa shape index (κ2) is 13.6. The summed E-state index contributed by atoms with van der Waals surface area (Å²) in [6.45, 7) is 4.99. The second-order valence-corrected chi connectivity index (χ2v) is 4.69. The molecule has 1 rings (SSSR count). The average Bonchev–Trinajstić information content (AvgIpc) is 2.51. The minimum absolute atomic E-state index is 0. The molecule has 0 saturated carbocycles. The highest BCUT2D eigenvalue weighted by molar-refractivity contribution is 14.0. The lowest BCUT2D eigenvalue weighted by Crippen LogP contribution is -2.37. The number of halogens is 1. The van der Waals surface area contributed by atoms with Crippen molar-refractivity contribution in [3.63, 3.8) is 0 Å². The lowest BCUT2D eigenvalue weighted by atomic mass is 10.2. The summed E-state index contributed by atoms with van der Waals surface area (Å²) in [4.78, 5) is 4.20. The first-order valence-electron chi connectivity index (χ1n) is 7.45. The van der Waals surface area contributed by atoms with Crippen LogP contribution in [0.3, 0.4) is 0 Å². The van der Waals surface area contributed by atoms with Gasteiger partial charge in [0.1, 0.15) is 12.4 Å². The molecule has 0 aromatic heterocycles. The third-order valence-corrected chi connectivity index (χ3v) is 2.96. The zero-order valence-corrected chi connectivity index (χ0v) is 16.1. The van der Waals surface area contributed by atoms with Gasteiger partial charge < -0.3 is 20.1 Å². The number of unbranched alkanes of at least 4 members (excludes halogenated alkanes) is 1. The van der Waals surface area contributed by atoms with E-state index < -0.39 is 0 Å². The molecule has 0 amide bonds. The van der Waals surface area contributed by atoms with Gasteiger partial charge in [-0.2, -0.15) is 0 Å². The fourth-order valence-corrected chi connectivity index (χ4v) is 1.78. The smallest absolute Gasteiger partial charge is 0.191 e. The van der Waals surface area contributed by atoms with Crippen molar-refractivity contribution in [3.8, 4) is 5.75 Å². The Morgan fingerprint density at radius 1 is 1.23 bits per heavy atom. The van der Waals surface area contributed by atoms with Crippen LogP contribution in [0.5, 0.6) is 5.75 Å². The molecule has 0 radical (unpaired) electrons. The predicted molar refractivity (Wildman–Crippen MR) is 102 cm³/mol. The standard InChI is InChI=1S/C16H27N3O2.HI/c1-4-5-9-18-16(17-2)19-13-14-7-6-8-15(12-14)21-11-10-20-3;/h6-8,12H,4-5,9-11,13H2,1-3H3,(H2,17,18,19);1H. The third kappa shape index (κ3) is 9.09. The number of ether oxygens (including phenoxy) is 2. The van der Waals surface area contributed by atoms with Crippen LogP contribution in [-0.4, -0.2) is 39.9 Å². The summed E-state index contributed by atoms with van der Waals surface area (Å²) < 4.78 is 10.6. The quantitative estimate of drug-likeness (QED) is 0.279. The van der Waals surface area contributed by atoms with Gasteiger partial charge in [0.25, 0.3) is 0 Å². The molecular formula is C16H28IN3O2. The van der Waals surface area contributed by atoms with Gasteiger partial charge in [0.2, 0.25) is 0 Å². The summed E-state index contributed by atoms with van der Waals surface area (Å²) in [6, 6.07) is 8.04. The number of hydrogen-bond acceptors (Lipinski definition) is 3. The van der Waals surface area contributed by atoms with Crippen LogP contribution in [0.1, 0.15) is 25.3 Å². The molecule has 126 valence electrons. The van der Waals surface area contributed by atoms with E-state index in [0.717, 1.165) is 30.2 Å². The summed E-state index contributed by atoms with van der Waals surface area (Å²) in [5, 5.41) is 6.59. The molecule has 0 spiro atoms. The van der Waals surface area contributed by atoms with Crippen molar-refractivity contribution in [2.75, 3.05) is 33.9 Å². The molecule has 0 heterocycles. The van der Waals surface area contributed by atoms with Crippen molar-refractivity contribution in [2.24, 2.45) is 4.99 Å². The monoisotopic (exact) mass is 421 g/mol. The molecule has 2 N–H and O–H groups in total.